The smallest absolute Gasteiger partial charge is 1.00 e. The van der Waals surface area contributed by atoms with Gasteiger partial charge in [0, 0.05) is 0 Å². The Morgan fingerprint density at radius 1 is 1.36 bits per heavy atom. The number of rotatable bonds is 2. The molecule has 0 aliphatic carbocycles. The molecule has 11 heavy (non-hydrogen) atoms. The van der Waals surface area contributed by atoms with E-state index in [-0.39, 0.29) is 59.4 Å². The first-order valence-electron chi connectivity index (χ1n) is 3.73. The Morgan fingerprint density at radius 2 is 1.91 bits per heavy atom. The molecular weight excluding hydrogens is 169 g/mol. The van der Waals surface area contributed by atoms with Crippen molar-refractivity contribution in [2.24, 2.45) is 0 Å². The number of piperidine rings is 1. The van der Waals surface area contributed by atoms with E-state index in [0.29, 0.717) is 0 Å². The molecule has 0 aromatic heterocycles. The number of carbonyl (C=O) groups is 1. The Balaban J connectivity index is 0. The fourth-order valence-electron chi connectivity index (χ4n) is 1.31. The minimum absolute atomic E-state index is 0. The van der Waals surface area contributed by atoms with Crippen molar-refractivity contribution in [2.45, 2.75) is 19.3 Å². The number of hydrogen-bond acceptors (Lipinski definition) is 2. The molecule has 0 saturated carbocycles. The SMILES string of the molecule is O=C(O)CN1CCCCC1.[H-].[K+]. The van der Waals surface area contributed by atoms with Crippen molar-refractivity contribution in [1.82, 2.24) is 4.90 Å². The topological polar surface area (TPSA) is 40.5 Å². The van der Waals surface area contributed by atoms with E-state index in [1.807, 2.05) is 4.90 Å². The van der Waals surface area contributed by atoms with Gasteiger partial charge in [-0.1, -0.05) is 6.42 Å². The predicted molar refractivity (Wildman–Crippen MR) is 39.0 cm³/mol. The van der Waals surface area contributed by atoms with Crippen LogP contribution in [0.5, 0.6) is 0 Å². The van der Waals surface area contributed by atoms with Gasteiger partial charge >= 0.3 is 57.4 Å². The van der Waals surface area contributed by atoms with Crippen LogP contribution in [0.25, 0.3) is 0 Å². The predicted octanol–water partition coefficient (Wildman–Crippen LogP) is -2.33. The van der Waals surface area contributed by atoms with Gasteiger partial charge in [0.2, 0.25) is 0 Å². The average molecular weight is 183 g/mol. The Morgan fingerprint density at radius 3 is 2.36 bits per heavy atom. The van der Waals surface area contributed by atoms with E-state index in [1.165, 1.54) is 6.42 Å². The molecule has 1 aliphatic rings. The molecule has 0 atom stereocenters. The summed E-state index contributed by atoms with van der Waals surface area (Å²) >= 11 is 0. The summed E-state index contributed by atoms with van der Waals surface area (Å²) in [6.07, 6.45) is 3.58. The van der Waals surface area contributed by atoms with Gasteiger partial charge in [0.25, 0.3) is 0 Å². The molecule has 0 spiro atoms. The third-order valence-electron chi connectivity index (χ3n) is 1.81. The van der Waals surface area contributed by atoms with E-state index in [9.17, 15) is 4.79 Å². The zero-order valence-corrected chi connectivity index (χ0v) is 10.2. The van der Waals surface area contributed by atoms with Crippen LogP contribution in [0.3, 0.4) is 0 Å². The van der Waals surface area contributed by atoms with E-state index < -0.39 is 5.97 Å². The van der Waals surface area contributed by atoms with Crippen molar-refractivity contribution in [1.29, 1.82) is 0 Å². The second kappa shape index (κ2) is 6.57. The zero-order valence-electron chi connectivity index (χ0n) is 8.05. The number of carboxylic acids is 1. The molecule has 1 N–H and O–H groups in total. The Labute approximate surface area is 111 Å². The summed E-state index contributed by atoms with van der Waals surface area (Å²) in [6.45, 7) is 2.15. The normalized spacial score (nSPS) is 18.9. The van der Waals surface area contributed by atoms with Crippen molar-refractivity contribution >= 4 is 5.97 Å². The second-order valence-corrected chi connectivity index (χ2v) is 2.73. The monoisotopic (exact) mass is 183 g/mol. The summed E-state index contributed by atoms with van der Waals surface area (Å²) < 4.78 is 0. The first-order chi connectivity index (χ1) is 4.79. The Hall–Kier alpha value is 1.07. The zero-order chi connectivity index (χ0) is 7.40. The summed E-state index contributed by atoms with van der Waals surface area (Å²) in [5, 5.41) is 8.42. The number of carboxylic acid groups (broad SMARTS) is 1. The third-order valence-corrected chi connectivity index (χ3v) is 1.81. The minimum Gasteiger partial charge on any atom is -1.00 e. The Kier molecular flexibility index (Phi) is 7.20. The molecule has 0 unspecified atom stereocenters. The average Bonchev–Trinajstić information content (AvgIpc) is 1.88. The van der Waals surface area contributed by atoms with E-state index >= 15 is 0 Å². The summed E-state index contributed by atoms with van der Waals surface area (Å²) in [5.41, 5.74) is 0. The first kappa shape index (κ1) is 12.1. The molecule has 1 aliphatic heterocycles. The molecule has 60 valence electrons. The van der Waals surface area contributed by atoms with Crippen molar-refractivity contribution in [2.75, 3.05) is 19.6 Å². The van der Waals surface area contributed by atoms with Gasteiger partial charge in [0.05, 0.1) is 6.54 Å². The van der Waals surface area contributed by atoms with E-state index in [0.717, 1.165) is 25.9 Å². The fraction of sp³-hybridized carbons (Fsp3) is 0.857. The summed E-state index contributed by atoms with van der Waals surface area (Å²) in [6, 6.07) is 0. The molecule has 0 amide bonds. The maximum Gasteiger partial charge on any atom is 1.00 e. The molecule has 0 radical (unpaired) electrons. The summed E-state index contributed by atoms with van der Waals surface area (Å²) in [7, 11) is 0. The Bertz CT molecular complexity index is 129. The molecule has 4 heteroatoms. The molecule has 3 nitrogen and oxygen atoms in total. The molecule has 1 saturated heterocycles. The van der Waals surface area contributed by atoms with Gasteiger partial charge < -0.3 is 6.53 Å². The van der Waals surface area contributed by atoms with Crippen molar-refractivity contribution in [3.8, 4) is 0 Å². The van der Waals surface area contributed by atoms with Gasteiger partial charge in [-0.05, 0) is 25.9 Å². The van der Waals surface area contributed by atoms with Gasteiger partial charge in [-0.25, -0.2) is 0 Å². The van der Waals surface area contributed by atoms with Crippen LogP contribution in [0.4, 0.5) is 0 Å². The van der Waals surface area contributed by atoms with Crippen LogP contribution in [0.1, 0.15) is 20.7 Å². The molecule has 0 aromatic carbocycles. The summed E-state index contributed by atoms with van der Waals surface area (Å²) in [4.78, 5) is 12.2. The van der Waals surface area contributed by atoms with Gasteiger partial charge in [0.15, 0.2) is 0 Å². The van der Waals surface area contributed by atoms with E-state index in [4.69, 9.17) is 5.11 Å². The molecule has 1 rings (SSSR count). The van der Waals surface area contributed by atoms with E-state index in [2.05, 4.69) is 0 Å². The number of aliphatic carboxylic acids is 1. The van der Waals surface area contributed by atoms with Crippen molar-refractivity contribution < 1.29 is 62.7 Å². The quantitative estimate of drug-likeness (QED) is 0.488. The van der Waals surface area contributed by atoms with Crippen LogP contribution >= 0.6 is 0 Å². The second-order valence-electron chi connectivity index (χ2n) is 2.73. The fourth-order valence-corrected chi connectivity index (χ4v) is 1.31. The van der Waals surface area contributed by atoms with Crippen LogP contribution in [0.2, 0.25) is 0 Å². The third kappa shape index (κ3) is 5.33. The van der Waals surface area contributed by atoms with Gasteiger partial charge in [-0.15, -0.1) is 0 Å². The summed E-state index contributed by atoms with van der Waals surface area (Å²) in [5.74, 6) is -0.707. The van der Waals surface area contributed by atoms with Crippen LogP contribution in [-0.2, 0) is 4.79 Å². The first-order valence-corrected chi connectivity index (χ1v) is 3.73. The van der Waals surface area contributed by atoms with Crippen LogP contribution in [-0.4, -0.2) is 35.6 Å². The van der Waals surface area contributed by atoms with Gasteiger partial charge in [-0.3, -0.25) is 9.69 Å². The number of hydrogen-bond donors (Lipinski definition) is 1. The maximum atomic E-state index is 10.2. The van der Waals surface area contributed by atoms with Crippen molar-refractivity contribution in [3.05, 3.63) is 0 Å². The standard InChI is InChI=1S/C7H13NO2.K.H/c9-7(10)6-8-4-2-1-3-5-8;;/h1-6H2,(H,9,10);;/q;+1;-1. The van der Waals surface area contributed by atoms with Crippen LogP contribution in [0.15, 0.2) is 0 Å². The van der Waals surface area contributed by atoms with Crippen molar-refractivity contribution in [3.63, 3.8) is 0 Å². The van der Waals surface area contributed by atoms with Gasteiger partial charge in [0.1, 0.15) is 0 Å². The molecule has 1 fully saturated rings. The molecule has 0 bridgehead atoms. The van der Waals surface area contributed by atoms with Crippen LogP contribution in [0, 0.1) is 0 Å². The number of likely N-dealkylation sites (tertiary alicyclic amines) is 1. The van der Waals surface area contributed by atoms with E-state index in [1.54, 1.807) is 0 Å². The maximum absolute atomic E-state index is 10.2. The number of nitrogens with zero attached hydrogens (tertiary/aromatic N) is 1. The van der Waals surface area contributed by atoms with Gasteiger partial charge in [-0.2, -0.15) is 0 Å². The molecule has 1 heterocycles. The molecule has 0 aromatic rings. The minimum atomic E-state index is -0.707. The molecular formula is C7H14KNO2. The van der Waals surface area contributed by atoms with Crippen LogP contribution < -0.4 is 51.4 Å². The largest absolute Gasteiger partial charge is 1.00 e.